The normalized spacial score (nSPS) is 20.1. The first-order valence-corrected chi connectivity index (χ1v) is 6.42. The quantitative estimate of drug-likeness (QED) is 0.894. The summed E-state index contributed by atoms with van der Waals surface area (Å²) >= 11 is 0. The fourth-order valence-electron chi connectivity index (χ4n) is 2.14. The van der Waals surface area contributed by atoms with E-state index in [1.807, 2.05) is 30.3 Å². The first-order chi connectivity index (χ1) is 8.65. The minimum atomic E-state index is -0.364. The number of para-hydroxylation sites is 1. The number of amides is 1. The van der Waals surface area contributed by atoms with Gasteiger partial charge in [0.25, 0.3) is 0 Å². The van der Waals surface area contributed by atoms with E-state index in [4.69, 9.17) is 4.74 Å². The molecule has 4 heteroatoms. The van der Waals surface area contributed by atoms with Crippen LogP contribution in [-0.2, 0) is 4.74 Å². The van der Waals surface area contributed by atoms with Crippen LogP contribution in [0, 0.1) is 0 Å². The van der Waals surface area contributed by atoms with Gasteiger partial charge in [-0.15, -0.1) is 0 Å². The van der Waals surface area contributed by atoms with Gasteiger partial charge in [-0.05, 0) is 32.4 Å². The summed E-state index contributed by atoms with van der Waals surface area (Å²) in [7, 11) is 0. The lowest BCUT2D eigenvalue weighted by Crippen LogP contribution is -2.31. The molecule has 18 heavy (non-hydrogen) atoms. The summed E-state index contributed by atoms with van der Waals surface area (Å²) in [6.45, 7) is 6.15. The molecule has 1 aromatic rings. The van der Waals surface area contributed by atoms with Crippen LogP contribution in [0.4, 0.5) is 10.5 Å². The lowest BCUT2D eigenvalue weighted by molar-refractivity contribution is 0.110. The number of rotatable bonds is 3. The molecule has 1 N–H and O–H groups in total. The van der Waals surface area contributed by atoms with Crippen molar-refractivity contribution in [2.24, 2.45) is 0 Å². The van der Waals surface area contributed by atoms with E-state index in [0.29, 0.717) is 6.04 Å². The summed E-state index contributed by atoms with van der Waals surface area (Å²) in [6, 6.07) is 9.87. The molecule has 2 rings (SSSR count). The Labute approximate surface area is 108 Å². The highest BCUT2D eigenvalue weighted by molar-refractivity contribution is 5.84. The average molecular weight is 248 g/mol. The Kier molecular flexibility index (Phi) is 4.20. The highest BCUT2D eigenvalue weighted by Gasteiger charge is 2.26. The first kappa shape index (κ1) is 12.9. The molecule has 0 radical (unpaired) electrons. The molecule has 1 atom stereocenters. The molecule has 0 saturated carbocycles. The molecule has 0 aliphatic carbocycles. The van der Waals surface area contributed by atoms with E-state index in [2.05, 4.69) is 24.1 Å². The largest absolute Gasteiger partial charge is 0.445 e. The van der Waals surface area contributed by atoms with Crippen molar-refractivity contribution in [3.8, 4) is 0 Å². The maximum Gasteiger partial charge on any atom is 0.411 e. The molecule has 1 heterocycles. The number of benzene rings is 1. The number of ether oxygens (including phenoxy) is 1. The van der Waals surface area contributed by atoms with E-state index in [0.717, 1.165) is 25.2 Å². The van der Waals surface area contributed by atoms with Gasteiger partial charge in [0.05, 0.1) is 0 Å². The molecule has 4 nitrogen and oxygen atoms in total. The highest BCUT2D eigenvalue weighted by atomic mass is 16.6. The lowest BCUT2D eigenvalue weighted by atomic mass is 10.3. The molecule has 1 fully saturated rings. The predicted molar refractivity (Wildman–Crippen MR) is 71.7 cm³/mol. The Morgan fingerprint density at radius 2 is 2.11 bits per heavy atom. The van der Waals surface area contributed by atoms with E-state index in [1.54, 1.807) is 0 Å². The van der Waals surface area contributed by atoms with Gasteiger partial charge < -0.3 is 4.74 Å². The molecular weight excluding hydrogens is 228 g/mol. The Hall–Kier alpha value is -1.55. The fraction of sp³-hybridized carbons (Fsp3) is 0.500. The maximum atomic E-state index is 11.7. The summed E-state index contributed by atoms with van der Waals surface area (Å²) in [5, 5.41) is 2.73. The topological polar surface area (TPSA) is 41.6 Å². The average Bonchev–Trinajstić information content (AvgIpc) is 2.78. The number of nitrogens with one attached hydrogen (secondary N) is 1. The van der Waals surface area contributed by atoms with Gasteiger partial charge in [0, 0.05) is 24.8 Å². The van der Waals surface area contributed by atoms with Gasteiger partial charge in [-0.2, -0.15) is 0 Å². The molecule has 1 amide bonds. The zero-order valence-corrected chi connectivity index (χ0v) is 10.9. The minimum absolute atomic E-state index is 0.0103. The Bertz CT molecular complexity index is 392. The first-order valence-electron chi connectivity index (χ1n) is 6.42. The van der Waals surface area contributed by atoms with E-state index in [9.17, 15) is 4.79 Å². The maximum absolute atomic E-state index is 11.7. The van der Waals surface area contributed by atoms with Gasteiger partial charge in [0.1, 0.15) is 6.10 Å². The van der Waals surface area contributed by atoms with Gasteiger partial charge in [-0.3, -0.25) is 10.2 Å². The van der Waals surface area contributed by atoms with Crippen molar-refractivity contribution in [3.63, 3.8) is 0 Å². The lowest BCUT2D eigenvalue weighted by Gasteiger charge is -2.20. The van der Waals surface area contributed by atoms with Crippen molar-refractivity contribution in [3.05, 3.63) is 30.3 Å². The third-order valence-electron chi connectivity index (χ3n) is 3.20. The Balaban J connectivity index is 1.79. The van der Waals surface area contributed by atoms with Crippen molar-refractivity contribution in [2.45, 2.75) is 32.4 Å². The number of carbonyl (C=O) groups is 1. The monoisotopic (exact) mass is 248 g/mol. The van der Waals surface area contributed by atoms with Crippen LogP contribution in [0.15, 0.2) is 30.3 Å². The van der Waals surface area contributed by atoms with Gasteiger partial charge >= 0.3 is 6.09 Å². The van der Waals surface area contributed by atoms with Crippen LogP contribution in [-0.4, -0.2) is 36.2 Å². The number of nitrogens with zero attached hydrogens (tertiary/aromatic N) is 1. The van der Waals surface area contributed by atoms with Crippen LogP contribution in [0.5, 0.6) is 0 Å². The molecular formula is C14H20N2O2. The molecule has 1 aliphatic heterocycles. The Morgan fingerprint density at radius 1 is 1.39 bits per heavy atom. The van der Waals surface area contributed by atoms with Crippen LogP contribution >= 0.6 is 0 Å². The second-order valence-corrected chi connectivity index (χ2v) is 4.90. The summed E-state index contributed by atoms with van der Waals surface area (Å²) in [6.07, 6.45) is 0.563. The fourth-order valence-corrected chi connectivity index (χ4v) is 2.14. The van der Waals surface area contributed by atoms with E-state index >= 15 is 0 Å². The number of carbonyl (C=O) groups excluding carboxylic acids is 1. The van der Waals surface area contributed by atoms with Gasteiger partial charge in [0.15, 0.2) is 0 Å². The molecule has 1 saturated heterocycles. The van der Waals surface area contributed by atoms with E-state index < -0.39 is 0 Å². The smallest absolute Gasteiger partial charge is 0.411 e. The third kappa shape index (κ3) is 3.47. The van der Waals surface area contributed by atoms with Crippen LogP contribution < -0.4 is 5.32 Å². The molecule has 0 bridgehead atoms. The second-order valence-electron chi connectivity index (χ2n) is 4.90. The van der Waals surface area contributed by atoms with Crippen LogP contribution in [0.3, 0.4) is 0 Å². The summed E-state index contributed by atoms with van der Waals surface area (Å²) in [5.74, 6) is 0. The highest BCUT2D eigenvalue weighted by Crippen LogP contribution is 2.16. The predicted octanol–water partition coefficient (Wildman–Crippen LogP) is 2.72. The number of anilines is 1. The molecule has 0 unspecified atom stereocenters. The number of hydrogen-bond donors (Lipinski definition) is 1. The molecule has 0 aromatic heterocycles. The van der Waals surface area contributed by atoms with Crippen LogP contribution in [0.2, 0.25) is 0 Å². The molecule has 1 aromatic carbocycles. The van der Waals surface area contributed by atoms with Crippen molar-refractivity contribution in [2.75, 3.05) is 18.4 Å². The summed E-state index contributed by atoms with van der Waals surface area (Å²) in [4.78, 5) is 14.0. The molecule has 98 valence electrons. The number of likely N-dealkylation sites (tertiary alicyclic amines) is 1. The van der Waals surface area contributed by atoms with Gasteiger partial charge in [-0.1, -0.05) is 18.2 Å². The van der Waals surface area contributed by atoms with E-state index in [-0.39, 0.29) is 12.2 Å². The SMILES string of the molecule is CC(C)N1CC[C@@H](OC(=O)Nc2ccccc2)C1. The second kappa shape index (κ2) is 5.87. The van der Waals surface area contributed by atoms with Crippen molar-refractivity contribution in [1.82, 2.24) is 4.90 Å². The minimum Gasteiger partial charge on any atom is -0.445 e. The van der Waals surface area contributed by atoms with Crippen molar-refractivity contribution in [1.29, 1.82) is 0 Å². The zero-order chi connectivity index (χ0) is 13.0. The van der Waals surface area contributed by atoms with Gasteiger partial charge in [-0.25, -0.2) is 4.79 Å². The van der Waals surface area contributed by atoms with Crippen LogP contribution in [0.1, 0.15) is 20.3 Å². The van der Waals surface area contributed by atoms with Crippen molar-refractivity contribution >= 4 is 11.8 Å². The number of hydrogen-bond acceptors (Lipinski definition) is 3. The molecule has 0 spiro atoms. The summed E-state index contributed by atoms with van der Waals surface area (Å²) in [5.41, 5.74) is 0.765. The summed E-state index contributed by atoms with van der Waals surface area (Å²) < 4.78 is 5.40. The van der Waals surface area contributed by atoms with Crippen LogP contribution in [0.25, 0.3) is 0 Å². The van der Waals surface area contributed by atoms with Gasteiger partial charge in [0.2, 0.25) is 0 Å². The standard InChI is InChI=1S/C14H20N2O2/c1-11(2)16-9-8-13(10-16)18-14(17)15-12-6-4-3-5-7-12/h3-7,11,13H,8-10H2,1-2H3,(H,15,17)/t13-/m1/s1. The molecule has 1 aliphatic rings. The third-order valence-corrected chi connectivity index (χ3v) is 3.20. The van der Waals surface area contributed by atoms with Crippen molar-refractivity contribution < 1.29 is 9.53 Å². The Morgan fingerprint density at radius 3 is 2.72 bits per heavy atom. The van der Waals surface area contributed by atoms with E-state index in [1.165, 1.54) is 0 Å². The zero-order valence-electron chi connectivity index (χ0n) is 10.9.